The van der Waals surface area contributed by atoms with Gasteiger partial charge in [0.25, 0.3) is 0 Å². The first-order valence-corrected chi connectivity index (χ1v) is 10.3. The number of carbonyl (C=O) groups excluding carboxylic acids is 2. The number of likely N-dealkylation sites (tertiary alicyclic amines) is 1. The minimum absolute atomic E-state index is 0.0912. The molecule has 1 saturated heterocycles. The predicted molar refractivity (Wildman–Crippen MR) is 109 cm³/mol. The van der Waals surface area contributed by atoms with E-state index in [0.717, 1.165) is 30.1 Å². The number of piperidine rings is 1. The van der Waals surface area contributed by atoms with Crippen LogP contribution >= 0.6 is 11.6 Å². The molecule has 152 valence electrons. The minimum Gasteiger partial charge on any atom is -0.338 e. The summed E-state index contributed by atoms with van der Waals surface area (Å²) < 4.78 is 2.08. The Hall–Kier alpha value is -2.67. The first-order chi connectivity index (χ1) is 14.1. The van der Waals surface area contributed by atoms with E-state index in [4.69, 9.17) is 11.6 Å². The van der Waals surface area contributed by atoms with Crippen LogP contribution in [0, 0.1) is 5.92 Å². The maximum absolute atomic E-state index is 13.0. The third kappa shape index (κ3) is 4.05. The van der Waals surface area contributed by atoms with Crippen LogP contribution in [0.15, 0.2) is 36.9 Å². The van der Waals surface area contributed by atoms with Crippen molar-refractivity contribution in [3.8, 4) is 0 Å². The monoisotopic (exact) mass is 413 g/mol. The maximum Gasteiger partial charge on any atom is 0.245 e. The molecule has 0 N–H and O–H groups in total. The number of hydrogen-bond donors (Lipinski definition) is 0. The number of hydrogen-bond acceptors (Lipinski definition) is 4. The Kier molecular flexibility index (Phi) is 5.67. The van der Waals surface area contributed by atoms with Crippen LogP contribution in [0.2, 0.25) is 5.02 Å². The van der Waals surface area contributed by atoms with Gasteiger partial charge in [-0.1, -0.05) is 36.4 Å². The van der Waals surface area contributed by atoms with Crippen LogP contribution in [0.25, 0.3) is 0 Å². The van der Waals surface area contributed by atoms with Gasteiger partial charge in [0.15, 0.2) is 5.82 Å². The summed E-state index contributed by atoms with van der Waals surface area (Å²) in [5.74, 6) is 1.48. The minimum atomic E-state index is -0.162. The lowest BCUT2D eigenvalue weighted by atomic mass is 9.96. The Bertz CT molecular complexity index is 941. The molecule has 1 atom stereocenters. The molecule has 4 rings (SSSR count). The number of aromatic nitrogens is 3. The van der Waals surface area contributed by atoms with Gasteiger partial charge in [-0.15, -0.1) is 10.2 Å². The molecule has 0 aliphatic carbocycles. The molecular formula is C21H24ClN5O2. The van der Waals surface area contributed by atoms with E-state index in [1.807, 2.05) is 29.2 Å². The molecule has 0 bridgehead atoms. The summed E-state index contributed by atoms with van der Waals surface area (Å²) >= 11 is 6.28. The average Bonchev–Trinajstić information content (AvgIpc) is 3.16. The summed E-state index contributed by atoms with van der Waals surface area (Å²) in [7, 11) is 0. The van der Waals surface area contributed by atoms with Crippen molar-refractivity contribution in [2.75, 3.05) is 19.6 Å². The summed E-state index contributed by atoms with van der Waals surface area (Å²) in [5.41, 5.74) is 1.01. The van der Waals surface area contributed by atoms with Crippen molar-refractivity contribution in [2.45, 2.75) is 32.4 Å². The van der Waals surface area contributed by atoms with Gasteiger partial charge in [-0.25, -0.2) is 0 Å². The topological polar surface area (TPSA) is 71.3 Å². The van der Waals surface area contributed by atoms with E-state index < -0.39 is 0 Å². The fourth-order valence-electron chi connectivity index (χ4n) is 4.12. The summed E-state index contributed by atoms with van der Waals surface area (Å²) in [6.45, 7) is 6.42. The first-order valence-electron chi connectivity index (χ1n) is 9.91. The molecule has 2 amide bonds. The SMILES string of the molecule is C=CC(=O)N1CCCC(C(=O)N2CCn3c(Cc4ccccc4Cl)nnc3C2)C1. The molecule has 2 aliphatic heterocycles. The fourth-order valence-corrected chi connectivity index (χ4v) is 4.32. The first kappa shape index (κ1) is 19.6. The van der Waals surface area contributed by atoms with Gasteiger partial charge in [0.05, 0.1) is 12.5 Å². The van der Waals surface area contributed by atoms with E-state index in [0.29, 0.717) is 44.2 Å². The van der Waals surface area contributed by atoms with Gasteiger partial charge in [-0.05, 0) is 30.5 Å². The highest BCUT2D eigenvalue weighted by molar-refractivity contribution is 6.31. The van der Waals surface area contributed by atoms with Gasteiger partial charge in [-0.2, -0.15) is 0 Å². The normalized spacial score (nSPS) is 19.0. The lowest BCUT2D eigenvalue weighted by Crippen LogP contribution is -2.48. The van der Waals surface area contributed by atoms with E-state index >= 15 is 0 Å². The van der Waals surface area contributed by atoms with Crippen molar-refractivity contribution in [2.24, 2.45) is 5.92 Å². The summed E-state index contributed by atoms with van der Waals surface area (Å²) in [6, 6.07) is 7.72. The molecule has 2 aliphatic rings. The van der Waals surface area contributed by atoms with Gasteiger partial charge in [0, 0.05) is 37.6 Å². The molecule has 0 radical (unpaired) electrons. The van der Waals surface area contributed by atoms with Crippen LogP contribution in [0.1, 0.15) is 30.1 Å². The third-order valence-electron chi connectivity index (χ3n) is 5.70. The summed E-state index contributed by atoms with van der Waals surface area (Å²) in [4.78, 5) is 28.5. The van der Waals surface area contributed by atoms with Crippen molar-refractivity contribution < 1.29 is 9.59 Å². The van der Waals surface area contributed by atoms with Crippen LogP contribution in [0.5, 0.6) is 0 Å². The zero-order chi connectivity index (χ0) is 20.4. The summed E-state index contributed by atoms with van der Waals surface area (Å²) in [6.07, 6.45) is 3.57. The van der Waals surface area contributed by atoms with Crippen LogP contribution in [-0.2, 0) is 29.1 Å². The van der Waals surface area contributed by atoms with Crippen LogP contribution in [0.4, 0.5) is 0 Å². The molecule has 3 heterocycles. The number of carbonyl (C=O) groups is 2. The van der Waals surface area contributed by atoms with Crippen molar-refractivity contribution in [1.82, 2.24) is 24.6 Å². The van der Waals surface area contributed by atoms with Gasteiger partial charge >= 0.3 is 0 Å². The maximum atomic E-state index is 13.0. The smallest absolute Gasteiger partial charge is 0.245 e. The molecule has 1 aromatic heterocycles. The number of fused-ring (bicyclic) bond motifs is 1. The highest BCUT2D eigenvalue weighted by Crippen LogP contribution is 2.23. The number of benzene rings is 1. The lowest BCUT2D eigenvalue weighted by Gasteiger charge is -2.36. The van der Waals surface area contributed by atoms with E-state index in [2.05, 4.69) is 21.3 Å². The third-order valence-corrected chi connectivity index (χ3v) is 6.07. The van der Waals surface area contributed by atoms with E-state index in [1.165, 1.54) is 6.08 Å². The molecule has 2 aromatic rings. The lowest BCUT2D eigenvalue weighted by molar-refractivity contribution is -0.140. The Balaban J connectivity index is 1.43. The second-order valence-corrected chi connectivity index (χ2v) is 7.95. The van der Waals surface area contributed by atoms with Gasteiger partial charge in [0.2, 0.25) is 11.8 Å². The van der Waals surface area contributed by atoms with E-state index in [1.54, 1.807) is 4.90 Å². The number of rotatable bonds is 4. The molecule has 1 unspecified atom stereocenters. The van der Waals surface area contributed by atoms with Crippen LogP contribution in [0.3, 0.4) is 0 Å². The van der Waals surface area contributed by atoms with Crippen molar-refractivity contribution in [3.05, 3.63) is 59.2 Å². The molecule has 0 saturated carbocycles. The molecule has 7 nitrogen and oxygen atoms in total. The fraction of sp³-hybridized carbons (Fsp3) is 0.429. The van der Waals surface area contributed by atoms with Crippen LogP contribution in [-0.4, -0.2) is 56.0 Å². The molecule has 1 fully saturated rings. The predicted octanol–water partition coefficient (Wildman–Crippen LogP) is 2.29. The zero-order valence-electron chi connectivity index (χ0n) is 16.3. The van der Waals surface area contributed by atoms with Gasteiger partial charge in [0.1, 0.15) is 5.82 Å². The van der Waals surface area contributed by atoms with Gasteiger partial charge < -0.3 is 14.4 Å². The molecule has 8 heteroatoms. The second-order valence-electron chi connectivity index (χ2n) is 7.54. The Labute approximate surface area is 175 Å². The van der Waals surface area contributed by atoms with E-state index in [-0.39, 0.29) is 17.7 Å². The second kappa shape index (κ2) is 8.37. The Morgan fingerprint density at radius 1 is 1.17 bits per heavy atom. The van der Waals surface area contributed by atoms with Crippen molar-refractivity contribution in [1.29, 1.82) is 0 Å². The molecular weight excluding hydrogens is 390 g/mol. The van der Waals surface area contributed by atoms with Crippen molar-refractivity contribution in [3.63, 3.8) is 0 Å². The molecule has 29 heavy (non-hydrogen) atoms. The number of nitrogens with zero attached hydrogens (tertiary/aromatic N) is 5. The van der Waals surface area contributed by atoms with Crippen molar-refractivity contribution >= 4 is 23.4 Å². The summed E-state index contributed by atoms with van der Waals surface area (Å²) in [5, 5.41) is 9.37. The quantitative estimate of drug-likeness (QED) is 0.721. The van der Waals surface area contributed by atoms with E-state index in [9.17, 15) is 9.59 Å². The van der Waals surface area contributed by atoms with Gasteiger partial charge in [-0.3, -0.25) is 9.59 Å². The molecule has 0 spiro atoms. The Morgan fingerprint density at radius 3 is 2.79 bits per heavy atom. The molecule has 1 aromatic carbocycles. The zero-order valence-corrected chi connectivity index (χ0v) is 17.0. The van der Waals surface area contributed by atoms with Crippen LogP contribution < -0.4 is 0 Å². The number of amides is 2. The average molecular weight is 414 g/mol. The Morgan fingerprint density at radius 2 is 2.00 bits per heavy atom. The number of halogens is 1. The largest absolute Gasteiger partial charge is 0.338 e. The standard InChI is InChI=1S/C21H24ClN5O2/c1-2-20(28)25-9-5-7-16(13-25)21(29)26-10-11-27-18(23-24-19(27)14-26)12-15-6-3-4-8-17(15)22/h2-4,6,8,16H,1,5,7,9-14H2. The highest BCUT2D eigenvalue weighted by atomic mass is 35.5. The highest BCUT2D eigenvalue weighted by Gasteiger charge is 2.33.